The van der Waals surface area contributed by atoms with Gasteiger partial charge in [-0.25, -0.2) is 4.39 Å². The first kappa shape index (κ1) is 13.2. The van der Waals surface area contributed by atoms with Crippen LogP contribution < -0.4 is 5.32 Å². The lowest BCUT2D eigenvalue weighted by atomic mass is 9.96. The summed E-state index contributed by atoms with van der Waals surface area (Å²) in [6.45, 7) is 9.07. The van der Waals surface area contributed by atoms with Gasteiger partial charge in [-0.2, -0.15) is 0 Å². The molecule has 2 heteroatoms. The van der Waals surface area contributed by atoms with Gasteiger partial charge in [0.1, 0.15) is 5.82 Å². The van der Waals surface area contributed by atoms with Gasteiger partial charge >= 0.3 is 0 Å². The number of nitrogens with one attached hydrogen (secondary N) is 1. The quantitative estimate of drug-likeness (QED) is 0.798. The van der Waals surface area contributed by atoms with Gasteiger partial charge in [-0.05, 0) is 50.4 Å². The van der Waals surface area contributed by atoms with Crippen LogP contribution in [-0.4, -0.2) is 6.54 Å². The molecule has 0 spiro atoms. The molecule has 0 heterocycles. The van der Waals surface area contributed by atoms with E-state index in [4.69, 9.17) is 0 Å². The third-order valence-corrected chi connectivity index (χ3v) is 2.88. The number of hydrogen-bond acceptors (Lipinski definition) is 1. The summed E-state index contributed by atoms with van der Waals surface area (Å²) in [5, 5.41) is 3.40. The molecule has 90 valence electrons. The monoisotopic (exact) mass is 223 g/mol. The first-order valence-corrected chi connectivity index (χ1v) is 6.10. The molecule has 0 saturated heterocycles. The predicted octanol–water partition coefficient (Wildman–Crippen LogP) is 3.89. The van der Waals surface area contributed by atoms with Gasteiger partial charge in [-0.15, -0.1) is 0 Å². The minimum absolute atomic E-state index is 0.0760. The van der Waals surface area contributed by atoms with Gasteiger partial charge < -0.3 is 5.32 Å². The summed E-state index contributed by atoms with van der Waals surface area (Å²) in [6.07, 6.45) is 1.99. The number of halogens is 1. The number of benzene rings is 1. The molecule has 1 atom stereocenters. The highest BCUT2D eigenvalue weighted by molar-refractivity contribution is 5.34. The van der Waals surface area contributed by atoms with Gasteiger partial charge in [0.2, 0.25) is 0 Å². The zero-order chi connectivity index (χ0) is 12.1. The highest BCUT2D eigenvalue weighted by Gasteiger charge is 2.15. The van der Waals surface area contributed by atoms with E-state index in [1.54, 1.807) is 6.07 Å². The maximum Gasteiger partial charge on any atom is 0.128 e. The number of hydrogen-bond donors (Lipinski definition) is 1. The average molecular weight is 223 g/mol. The van der Waals surface area contributed by atoms with Crippen molar-refractivity contribution in [2.45, 2.75) is 46.6 Å². The van der Waals surface area contributed by atoms with Crippen LogP contribution in [0.1, 0.15) is 49.4 Å². The van der Waals surface area contributed by atoms with Crippen molar-refractivity contribution in [3.05, 3.63) is 34.6 Å². The molecule has 0 fully saturated rings. The van der Waals surface area contributed by atoms with Crippen LogP contribution in [-0.2, 0) is 0 Å². The van der Waals surface area contributed by atoms with Gasteiger partial charge in [-0.3, -0.25) is 0 Å². The van der Waals surface area contributed by atoms with Crippen molar-refractivity contribution < 1.29 is 4.39 Å². The van der Waals surface area contributed by atoms with Gasteiger partial charge in [0.25, 0.3) is 0 Å². The summed E-state index contributed by atoms with van der Waals surface area (Å²) < 4.78 is 13.9. The molecule has 0 bridgehead atoms. The molecule has 1 unspecified atom stereocenters. The summed E-state index contributed by atoms with van der Waals surface area (Å²) in [5.41, 5.74) is 2.87. The first-order valence-electron chi connectivity index (χ1n) is 6.10. The molecular weight excluding hydrogens is 201 g/mol. The maximum absolute atomic E-state index is 13.9. The smallest absolute Gasteiger partial charge is 0.128 e. The fraction of sp³-hybridized carbons (Fsp3) is 0.571. The third kappa shape index (κ3) is 3.05. The van der Waals surface area contributed by atoms with E-state index in [0.29, 0.717) is 0 Å². The second-order valence-corrected chi connectivity index (χ2v) is 4.39. The lowest BCUT2D eigenvalue weighted by Crippen LogP contribution is -2.23. The topological polar surface area (TPSA) is 12.0 Å². The van der Waals surface area contributed by atoms with Crippen LogP contribution in [0.15, 0.2) is 12.1 Å². The predicted molar refractivity (Wildman–Crippen MR) is 67.2 cm³/mol. The van der Waals surface area contributed by atoms with E-state index in [1.807, 2.05) is 13.8 Å². The summed E-state index contributed by atoms with van der Waals surface area (Å²) >= 11 is 0. The second-order valence-electron chi connectivity index (χ2n) is 4.39. The first-order chi connectivity index (χ1) is 7.60. The molecule has 0 saturated carbocycles. The van der Waals surface area contributed by atoms with Gasteiger partial charge in [0.05, 0.1) is 0 Å². The van der Waals surface area contributed by atoms with Crippen LogP contribution in [0.3, 0.4) is 0 Å². The Morgan fingerprint density at radius 2 is 1.94 bits per heavy atom. The molecular formula is C14H22FN. The van der Waals surface area contributed by atoms with Crippen molar-refractivity contribution >= 4 is 0 Å². The Morgan fingerprint density at radius 3 is 2.44 bits per heavy atom. The van der Waals surface area contributed by atoms with Crippen LogP contribution in [0.4, 0.5) is 4.39 Å². The summed E-state index contributed by atoms with van der Waals surface area (Å²) in [4.78, 5) is 0. The SMILES string of the molecule is CCCNC(CC)c1c(C)cc(C)cc1F. The van der Waals surface area contributed by atoms with Gasteiger partial charge in [0.15, 0.2) is 0 Å². The van der Waals surface area contributed by atoms with E-state index in [1.165, 1.54) is 0 Å². The molecule has 0 aliphatic heterocycles. The van der Waals surface area contributed by atoms with E-state index in [0.717, 1.165) is 36.1 Å². The molecule has 1 N–H and O–H groups in total. The lowest BCUT2D eigenvalue weighted by molar-refractivity contribution is 0.485. The fourth-order valence-electron chi connectivity index (χ4n) is 2.14. The van der Waals surface area contributed by atoms with Crippen molar-refractivity contribution in [3.63, 3.8) is 0 Å². The molecule has 1 aromatic rings. The highest BCUT2D eigenvalue weighted by Crippen LogP contribution is 2.25. The molecule has 1 rings (SSSR count). The normalized spacial score (nSPS) is 12.8. The molecule has 16 heavy (non-hydrogen) atoms. The van der Waals surface area contributed by atoms with Crippen LogP contribution in [0.2, 0.25) is 0 Å². The van der Waals surface area contributed by atoms with E-state index in [9.17, 15) is 4.39 Å². The zero-order valence-electron chi connectivity index (χ0n) is 10.7. The van der Waals surface area contributed by atoms with Crippen molar-refractivity contribution in [1.29, 1.82) is 0 Å². The van der Waals surface area contributed by atoms with Gasteiger partial charge in [0, 0.05) is 11.6 Å². The van der Waals surface area contributed by atoms with Crippen LogP contribution in [0, 0.1) is 19.7 Å². The molecule has 0 aliphatic carbocycles. The zero-order valence-corrected chi connectivity index (χ0v) is 10.7. The van der Waals surface area contributed by atoms with Crippen molar-refractivity contribution in [1.82, 2.24) is 5.32 Å². The van der Waals surface area contributed by atoms with Crippen LogP contribution >= 0.6 is 0 Å². The Morgan fingerprint density at radius 1 is 1.25 bits per heavy atom. The van der Waals surface area contributed by atoms with Gasteiger partial charge in [-0.1, -0.05) is 19.9 Å². The Hall–Kier alpha value is -0.890. The van der Waals surface area contributed by atoms with E-state index in [2.05, 4.69) is 25.2 Å². The number of aryl methyl sites for hydroxylation is 2. The minimum atomic E-state index is -0.0760. The Bertz CT molecular complexity index is 324. The number of rotatable bonds is 5. The highest BCUT2D eigenvalue weighted by atomic mass is 19.1. The largest absolute Gasteiger partial charge is 0.310 e. The molecule has 0 aliphatic rings. The van der Waals surface area contributed by atoms with E-state index in [-0.39, 0.29) is 11.9 Å². The summed E-state index contributed by atoms with van der Waals surface area (Å²) in [6, 6.07) is 3.81. The standard InChI is InChI=1S/C14H22FN/c1-5-7-16-13(6-2)14-11(4)8-10(3)9-12(14)15/h8-9,13,16H,5-7H2,1-4H3. The lowest BCUT2D eigenvalue weighted by Gasteiger charge is -2.20. The second kappa shape index (κ2) is 6.00. The van der Waals surface area contributed by atoms with Crippen molar-refractivity contribution in [2.75, 3.05) is 6.54 Å². The molecule has 0 amide bonds. The van der Waals surface area contributed by atoms with E-state index >= 15 is 0 Å². The minimum Gasteiger partial charge on any atom is -0.310 e. The van der Waals surface area contributed by atoms with Crippen LogP contribution in [0.25, 0.3) is 0 Å². The van der Waals surface area contributed by atoms with Crippen molar-refractivity contribution in [3.8, 4) is 0 Å². The molecule has 0 radical (unpaired) electrons. The third-order valence-electron chi connectivity index (χ3n) is 2.88. The molecule has 1 nitrogen and oxygen atoms in total. The van der Waals surface area contributed by atoms with E-state index < -0.39 is 0 Å². The van der Waals surface area contributed by atoms with Crippen LogP contribution in [0.5, 0.6) is 0 Å². The maximum atomic E-state index is 13.9. The molecule has 1 aromatic carbocycles. The Balaban J connectivity index is 2.99. The Kier molecular flexibility index (Phi) is 4.94. The Labute approximate surface area is 98.1 Å². The average Bonchev–Trinajstić information content (AvgIpc) is 2.21. The summed E-state index contributed by atoms with van der Waals surface area (Å²) in [5.74, 6) is -0.0760. The molecule has 0 aromatic heterocycles. The van der Waals surface area contributed by atoms with Crippen molar-refractivity contribution in [2.24, 2.45) is 0 Å². The fourth-order valence-corrected chi connectivity index (χ4v) is 2.14. The summed E-state index contributed by atoms with van der Waals surface area (Å²) in [7, 11) is 0.